The minimum Gasteiger partial charge on any atom is -0.269 e. The lowest BCUT2D eigenvalue weighted by Crippen LogP contribution is -2.16. The molecular formula is C11H14BrN3. The Morgan fingerprint density at radius 1 is 1.33 bits per heavy atom. The van der Waals surface area contributed by atoms with Gasteiger partial charge < -0.3 is 0 Å². The lowest BCUT2D eigenvalue weighted by Gasteiger charge is -2.19. The summed E-state index contributed by atoms with van der Waals surface area (Å²) >= 11 is 3.44. The van der Waals surface area contributed by atoms with Gasteiger partial charge in [-0.3, -0.25) is 4.68 Å². The van der Waals surface area contributed by atoms with Crippen molar-refractivity contribution in [3.63, 3.8) is 0 Å². The highest BCUT2D eigenvalue weighted by Gasteiger charge is 2.22. The van der Waals surface area contributed by atoms with Gasteiger partial charge in [0.2, 0.25) is 0 Å². The largest absolute Gasteiger partial charge is 0.269 e. The van der Waals surface area contributed by atoms with Crippen LogP contribution in [0.2, 0.25) is 0 Å². The zero-order chi connectivity index (χ0) is 11.2. The van der Waals surface area contributed by atoms with Crippen molar-refractivity contribution in [2.75, 3.05) is 0 Å². The fourth-order valence-electron chi connectivity index (χ4n) is 1.94. The summed E-state index contributed by atoms with van der Waals surface area (Å²) in [4.78, 5) is 4.30. The quantitative estimate of drug-likeness (QED) is 0.735. The molecule has 0 aliphatic heterocycles. The maximum atomic E-state index is 4.41. The summed E-state index contributed by atoms with van der Waals surface area (Å²) in [7, 11) is 1.97. The third-order valence-corrected chi connectivity index (χ3v) is 2.80. The van der Waals surface area contributed by atoms with Crippen LogP contribution in [0.5, 0.6) is 0 Å². The number of hydrogen-bond donors (Lipinski definition) is 0. The molecule has 0 radical (unpaired) electrons. The molecule has 0 amide bonds. The van der Waals surface area contributed by atoms with E-state index in [2.05, 4.69) is 52.9 Å². The SMILES string of the molecule is Cn1nc2ncc(Br)cc2c1C(C)(C)C. The van der Waals surface area contributed by atoms with Gasteiger partial charge in [-0.15, -0.1) is 0 Å². The third-order valence-electron chi connectivity index (χ3n) is 2.37. The van der Waals surface area contributed by atoms with Crippen LogP contribution in [0, 0.1) is 0 Å². The monoisotopic (exact) mass is 267 g/mol. The lowest BCUT2D eigenvalue weighted by molar-refractivity contribution is 0.528. The number of rotatable bonds is 0. The molecule has 80 valence electrons. The average Bonchev–Trinajstić information content (AvgIpc) is 2.38. The molecule has 0 aliphatic carbocycles. The topological polar surface area (TPSA) is 30.7 Å². The van der Waals surface area contributed by atoms with Crippen LogP contribution in [-0.2, 0) is 12.5 Å². The molecule has 0 spiro atoms. The Hall–Kier alpha value is -0.900. The summed E-state index contributed by atoms with van der Waals surface area (Å²) in [5.74, 6) is 0. The zero-order valence-corrected chi connectivity index (χ0v) is 11.0. The van der Waals surface area contributed by atoms with Crippen molar-refractivity contribution in [2.24, 2.45) is 7.05 Å². The molecule has 2 heterocycles. The maximum Gasteiger partial charge on any atom is 0.181 e. The van der Waals surface area contributed by atoms with Crippen molar-refractivity contribution in [1.29, 1.82) is 0 Å². The van der Waals surface area contributed by atoms with Crippen LogP contribution in [0.25, 0.3) is 11.0 Å². The molecule has 2 rings (SSSR count). The van der Waals surface area contributed by atoms with Crippen molar-refractivity contribution in [1.82, 2.24) is 14.8 Å². The first kappa shape index (κ1) is 10.6. The summed E-state index contributed by atoms with van der Waals surface area (Å²) < 4.78 is 2.91. The van der Waals surface area contributed by atoms with Gasteiger partial charge in [-0.05, 0) is 22.0 Å². The fraction of sp³-hybridized carbons (Fsp3) is 0.455. The molecule has 0 saturated carbocycles. The van der Waals surface area contributed by atoms with Crippen LogP contribution in [0.1, 0.15) is 26.5 Å². The Labute approximate surface area is 97.6 Å². The number of hydrogen-bond acceptors (Lipinski definition) is 2. The second kappa shape index (κ2) is 3.30. The Morgan fingerprint density at radius 2 is 2.00 bits per heavy atom. The van der Waals surface area contributed by atoms with Crippen molar-refractivity contribution in [3.05, 3.63) is 22.4 Å². The van der Waals surface area contributed by atoms with E-state index < -0.39 is 0 Å². The van der Waals surface area contributed by atoms with Gasteiger partial charge in [0, 0.05) is 28.5 Å². The molecule has 0 fully saturated rings. The molecule has 2 aromatic rings. The van der Waals surface area contributed by atoms with E-state index >= 15 is 0 Å². The van der Waals surface area contributed by atoms with E-state index in [0.717, 1.165) is 15.5 Å². The van der Waals surface area contributed by atoms with Crippen molar-refractivity contribution in [3.8, 4) is 0 Å². The Morgan fingerprint density at radius 3 is 2.60 bits per heavy atom. The predicted octanol–water partition coefficient (Wildman–Crippen LogP) is 3.03. The van der Waals surface area contributed by atoms with E-state index in [1.807, 2.05) is 11.7 Å². The highest BCUT2D eigenvalue weighted by molar-refractivity contribution is 9.10. The van der Waals surface area contributed by atoms with E-state index in [9.17, 15) is 0 Å². The van der Waals surface area contributed by atoms with Crippen LogP contribution < -0.4 is 0 Å². The molecule has 0 N–H and O–H groups in total. The second-order valence-corrected chi connectivity index (χ2v) is 5.66. The van der Waals surface area contributed by atoms with Crippen LogP contribution in [0.4, 0.5) is 0 Å². The van der Waals surface area contributed by atoms with Gasteiger partial charge in [-0.1, -0.05) is 20.8 Å². The summed E-state index contributed by atoms with van der Waals surface area (Å²) in [5, 5.41) is 5.53. The lowest BCUT2D eigenvalue weighted by atomic mass is 9.90. The first-order valence-electron chi connectivity index (χ1n) is 4.88. The molecule has 0 saturated heterocycles. The molecule has 0 aromatic carbocycles. The highest BCUT2D eigenvalue weighted by Crippen LogP contribution is 2.29. The van der Waals surface area contributed by atoms with Gasteiger partial charge in [0.25, 0.3) is 0 Å². The molecule has 2 aromatic heterocycles. The Kier molecular flexibility index (Phi) is 2.34. The number of halogens is 1. The van der Waals surface area contributed by atoms with Crippen molar-refractivity contribution < 1.29 is 0 Å². The van der Waals surface area contributed by atoms with E-state index in [1.54, 1.807) is 6.20 Å². The summed E-state index contributed by atoms with van der Waals surface area (Å²) in [6.45, 7) is 6.55. The molecule has 15 heavy (non-hydrogen) atoms. The minimum absolute atomic E-state index is 0.0754. The van der Waals surface area contributed by atoms with E-state index in [4.69, 9.17) is 0 Å². The first-order valence-corrected chi connectivity index (χ1v) is 5.67. The predicted molar refractivity (Wildman–Crippen MR) is 64.9 cm³/mol. The van der Waals surface area contributed by atoms with Gasteiger partial charge >= 0.3 is 0 Å². The van der Waals surface area contributed by atoms with Crippen molar-refractivity contribution in [2.45, 2.75) is 26.2 Å². The minimum atomic E-state index is 0.0754. The Balaban J connectivity index is 2.82. The van der Waals surface area contributed by atoms with Gasteiger partial charge in [-0.25, -0.2) is 4.98 Å². The van der Waals surface area contributed by atoms with Gasteiger partial charge in [0.05, 0.1) is 5.69 Å². The summed E-state index contributed by atoms with van der Waals surface area (Å²) in [6.07, 6.45) is 1.78. The van der Waals surface area contributed by atoms with Gasteiger partial charge in [0.1, 0.15) is 0 Å². The van der Waals surface area contributed by atoms with Crippen LogP contribution in [-0.4, -0.2) is 14.8 Å². The van der Waals surface area contributed by atoms with Crippen molar-refractivity contribution >= 4 is 27.0 Å². The number of nitrogens with zero attached hydrogens (tertiary/aromatic N) is 3. The maximum absolute atomic E-state index is 4.41. The number of pyridine rings is 1. The standard InChI is InChI=1S/C11H14BrN3/c1-11(2,3)9-8-5-7(12)6-13-10(8)14-15(9)4/h5-6H,1-4H3. The normalized spacial score (nSPS) is 12.3. The van der Waals surface area contributed by atoms with E-state index in [0.29, 0.717) is 0 Å². The second-order valence-electron chi connectivity index (χ2n) is 4.75. The van der Waals surface area contributed by atoms with E-state index in [1.165, 1.54) is 5.69 Å². The number of aryl methyl sites for hydroxylation is 1. The van der Waals surface area contributed by atoms with Crippen LogP contribution >= 0.6 is 15.9 Å². The zero-order valence-electron chi connectivity index (χ0n) is 9.37. The third kappa shape index (κ3) is 1.78. The Bertz CT molecular complexity index is 508. The molecule has 3 nitrogen and oxygen atoms in total. The molecule has 4 heteroatoms. The molecule has 0 unspecified atom stereocenters. The molecule has 0 atom stereocenters. The highest BCUT2D eigenvalue weighted by atomic mass is 79.9. The fourth-order valence-corrected chi connectivity index (χ4v) is 2.27. The molecule has 0 aliphatic rings. The van der Waals surface area contributed by atoms with E-state index in [-0.39, 0.29) is 5.41 Å². The smallest absolute Gasteiger partial charge is 0.181 e. The number of aromatic nitrogens is 3. The summed E-state index contributed by atoms with van der Waals surface area (Å²) in [5.41, 5.74) is 2.10. The number of fused-ring (bicyclic) bond motifs is 1. The summed E-state index contributed by atoms with van der Waals surface area (Å²) in [6, 6.07) is 2.08. The van der Waals surface area contributed by atoms with Gasteiger partial charge in [0.15, 0.2) is 5.65 Å². The van der Waals surface area contributed by atoms with Crippen LogP contribution in [0.3, 0.4) is 0 Å². The first-order chi connectivity index (χ1) is 6.89. The molecule has 0 bridgehead atoms. The molecular weight excluding hydrogens is 254 g/mol. The van der Waals surface area contributed by atoms with Crippen LogP contribution in [0.15, 0.2) is 16.7 Å². The average molecular weight is 268 g/mol. The van der Waals surface area contributed by atoms with Gasteiger partial charge in [-0.2, -0.15) is 5.10 Å².